The molecule has 1 unspecified atom stereocenters. The van der Waals surface area contributed by atoms with Gasteiger partial charge in [-0.2, -0.15) is 0 Å². The van der Waals surface area contributed by atoms with Crippen LogP contribution in [0, 0.1) is 0 Å². The Kier molecular flexibility index (Phi) is 4.01. The van der Waals surface area contributed by atoms with Gasteiger partial charge in [0.05, 0.1) is 6.04 Å². The molecular formula is C13H18N4O2. The van der Waals surface area contributed by atoms with E-state index in [0.29, 0.717) is 13.1 Å². The van der Waals surface area contributed by atoms with Gasteiger partial charge in [0, 0.05) is 24.5 Å². The molecule has 0 bridgehead atoms. The van der Waals surface area contributed by atoms with Gasteiger partial charge >= 0.3 is 6.03 Å². The van der Waals surface area contributed by atoms with Gasteiger partial charge in [0.15, 0.2) is 0 Å². The smallest absolute Gasteiger partial charge is 0.321 e. The second-order valence-electron chi connectivity index (χ2n) is 4.43. The number of likely N-dealkylation sites (N-methyl/N-ethyl adjacent to an activating group) is 1. The molecule has 1 aromatic carbocycles. The third-order valence-electron chi connectivity index (χ3n) is 3.13. The summed E-state index contributed by atoms with van der Waals surface area (Å²) in [7, 11) is 1.74. The lowest BCUT2D eigenvalue weighted by molar-refractivity contribution is -0.117. The lowest BCUT2D eigenvalue weighted by Crippen LogP contribution is -2.35. The minimum absolute atomic E-state index is 0.0828. The molecule has 0 aromatic heterocycles. The van der Waals surface area contributed by atoms with Crippen LogP contribution in [0.25, 0.3) is 0 Å². The number of hydrogen-bond acceptors (Lipinski definition) is 3. The van der Waals surface area contributed by atoms with Crippen LogP contribution in [-0.2, 0) is 4.79 Å². The summed E-state index contributed by atoms with van der Waals surface area (Å²) in [5, 5.41) is 8.42. The second-order valence-corrected chi connectivity index (χ2v) is 4.43. The van der Waals surface area contributed by atoms with Crippen molar-refractivity contribution in [1.29, 1.82) is 0 Å². The summed E-state index contributed by atoms with van der Waals surface area (Å²) in [4.78, 5) is 24.9. The minimum Gasteiger partial charge on any atom is -0.336 e. The van der Waals surface area contributed by atoms with Crippen molar-refractivity contribution in [3.63, 3.8) is 0 Å². The molecule has 19 heavy (non-hydrogen) atoms. The molecule has 1 atom stereocenters. The predicted molar refractivity (Wildman–Crippen MR) is 74.3 cm³/mol. The molecule has 0 aliphatic carbocycles. The Morgan fingerprint density at radius 2 is 2.05 bits per heavy atom. The average molecular weight is 262 g/mol. The van der Waals surface area contributed by atoms with Gasteiger partial charge in [-0.3, -0.25) is 9.69 Å². The molecule has 6 nitrogen and oxygen atoms in total. The van der Waals surface area contributed by atoms with Crippen molar-refractivity contribution in [3.8, 4) is 0 Å². The largest absolute Gasteiger partial charge is 0.336 e. The van der Waals surface area contributed by atoms with Gasteiger partial charge in [-0.25, -0.2) is 4.79 Å². The number of carbonyl (C=O) groups excluding carboxylic acids is 2. The van der Waals surface area contributed by atoms with E-state index in [1.807, 2.05) is 12.1 Å². The number of nitrogens with zero attached hydrogens (tertiary/aromatic N) is 1. The van der Waals surface area contributed by atoms with E-state index in [1.165, 1.54) is 0 Å². The molecule has 3 N–H and O–H groups in total. The van der Waals surface area contributed by atoms with Gasteiger partial charge in [0.2, 0.25) is 5.91 Å². The molecule has 102 valence electrons. The van der Waals surface area contributed by atoms with Crippen molar-refractivity contribution in [1.82, 2.24) is 10.6 Å². The molecular weight excluding hydrogens is 244 g/mol. The molecule has 0 radical (unpaired) electrons. The zero-order valence-electron chi connectivity index (χ0n) is 11.1. The van der Waals surface area contributed by atoms with Gasteiger partial charge in [-0.15, -0.1) is 0 Å². The molecule has 1 aliphatic heterocycles. The number of urea groups is 1. The molecule has 1 saturated heterocycles. The minimum atomic E-state index is -0.246. The maximum Gasteiger partial charge on any atom is 0.321 e. The molecule has 1 heterocycles. The molecule has 0 spiro atoms. The summed E-state index contributed by atoms with van der Waals surface area (Å²) < 4.78 is 0. The lowest BCUT2D eigenvalue weighted by atomic mass is 10.2. The normalized spacial score (nSPS) is 16.1. The van der Waals surface area contributed by atoms with E-state index >= 15 is 0 Å². The molecule has 1 aromatic rings. The maximum absolute atomic E-state index is 11.7. The maximum atomic E-state index is 11.7. The number of amides is 3. The van der Waals surface area contributed by atoms with E-state index in [2.05, 4.69) is 16.0 Å². The van der Waals surface area contributed by atoms with E-state index in [4.69, 9.17) is 0 Å². The van der Waals surface area contributed by atoms with Crippen molar-refractivity contribution < 1.29 is 9.59 Å². The van der Waals surface area contributed by atoms with Crippen LogP contribution in [0.3, 0.4) is 0 Å². The molecule has 1 fully saturated rings. The number of hydrogen-bond donors (Lipinski definition) is 3. The predicted octanol–water partition coefficient (Wildman–Crippen LogP) is 0.763. The van der Waals surface area contributed by atoms with Crippen molar-refractivity contribution >= 4 is 23.3 Å². The molecule has 3 amide bonds. The second kappa shape index (κ2) is 5.71. The highest BCUT2D eigenvalue weighted by atomic mass is 16.2. The number of anilines is 2. The summed E-state index contributed by atoms with van der Waals surface area (Å²) in [6, 6.07) is 6.90. The topological polar surface area (TPSA) is 73.5 Å². The first kappa shape index (κ1) is 13.4. The van der Waals surface area contributed by atoms with Gasteiger partial charge in [0.25, 0.3) is 0 Å². The highest BCUT2D eigenvalue weighted by Crippen LogP contribution is 2.19. The van der Waals surface area contributed by atoms with Crippen molar-refractivity contribution in [2.45, 2.75) is 13.0 Å². The third kappa shape index (κ3) is 3.03. The van der Waals surface area contributed by atoms with E-state index in [1.54, 1.807) is 31.0 Å². The molecule has 1 aliphatic rings. The van der Waals surface area contributed by atoms with Crippen LogP contribution < -0.4 is 20.9 Å². The van der Waals surface area contributed by atoms with Gasteiger partial charge in [-0.1, -0.05) is 0 Å². The van der Waals surface area contributed by atoms with E-state index in [-0.39, 0.29) is 18.0 Å². The Morgan fingerprint density at radius 3 is 2.58 bits per heavy atom. The van der Waals surface area contributed by atoms with Gasteiger partial charge in [0.1, 0.15) is 0 Å². The Bertz CT molecular complexity index is 472. The lowest BCUT2D eigenvalue weighted by Gasteiger charge is -2.15. The van der Waals surface area contributed by atoms with Crippen molar-refractivity contribution in [2.75, 3.05) is 30.4 Å². The Labute approximate surface area is 112 Å². The van der Waals surface area contributed by atoms with Crippen LogP contribution in [0.2, 0.25) is 0 Å². The molecule has 6 heteroatoms. The summed E-state index contributed by atoms with van der Waals surface area (Å²) in [6.07, 6.45) is 0. The fraction of sp³-hybridized carbons (Fsp3) is 0.385. The van der Waals surface area contributed by atoms with Crippen LogP contribution in [-0.4, -0.2) is 38.1 Å². The zero-order chi connectivity index (χ0) is 13.8. The van der Waals surface area contributed by atoms with Gasteiger partial charge < -0.3 is 16.0 Å². The Balaban J connectivity index is 2.02. The number of rotatable bonds is 4. The number of benzene rings is 1. The Hall–Kier alpha value is -2.08. The summed E-state index contributed by atoms with van der Waals surface area (Å²) in [6.45, 7) is 3.12. The van der Waals surface area contributed by atoms with Crippen LogP contribution in [0.4, 0.5) is 16.2 Å². The quantitative estimate of drug-likeness (QED) is 0.750. The first-order chi connectivity index (χ1) is 9.11. The number of nitrogens with one attached hydrogen (secondary N) is 3. The monoisotopic (exact) mass is 262 g/mol. The third-order valence-corrected chi connectivity index (χ3v) is 3.13. The number of carbonyl (C=O) groups is 2. The van der Waals surface area contributed by atoms with Crippen LogP contribution in [0.1, 0.15) is 6.92 Å². The van der Waals surface area contributed by atoms with Crippen molar-refractivity contribution in [3.05, 3.63) is 24.3 Å². The average Bonchev–Trinajstić information content (AvgIpc) is 2.85. The van der Waals surface area contributed by atoms with E-state index in [9.17, 15) is 9.59 Å². The SMILES string of the molecule is CNC(C)C(=O)Nc1ccc(N2CCNC2=O)cc1. The summed E-state index contributed by atoms with van der Waals surface area (Å²) in [5.41, 5.74) is 1.55. The highest BCUT2D eigenvalue weighted by molar-refractivity contribution is 5.96. The van der Waals surface area contributed by atoms with Crippen LogP contribution >= 0.6 is 0 Å². The fourth-order valence-electron chi connectivity index (χ4n) is 1.82. The highest BCUT2D eigenvalue weighted by Gasteiger charge is 2.20. The standard InChI is InChI=1S/C13H18N4O2/c1-9(14-2)12(18)16-10-3-5-11(6-4-10)17-8-7-15-13(17)19/h3-6,9,14H,7-8H2,1-2H3,(H,15,19)(H,16,18). The van der Waals surface area contributed by atoms with Gasteiger partial charge in [-0.05, 0) is 38.2 Å². The van der Waals surface area contributed by atoms with Crippen LogP contribution in [0.15, 0.2) is 24.3 Å². The zero-order valence-corrected chi connectivity index (χ0v) is 11.1. The fourth-order valence-corrected chi connectivity index (χ4v) is 1.82. The first-order valence-electron chi connectivity index (χ1n) is 6.25. The van der Waals surface area contributed by atoms with Crippen LogP contribution in [0.5, 0.6) is 0 Å². The Morgan fingerprint density at radius 1 is 1.37 bits per heavy atom. The summed E-state index contributed by atoms with van der Waals surface area (Å²) in [5.74, 6) is -0.0887. The summed E-state index contributed by atoms with van der Waals surface area (Å²) >= 11 is 0. The van der Waals surface area contributed by atoms with E-state index in [0.717, 1.165) is 11.4 Å². The molecule has 0 saturated carbocycles. The molecule has 2 rings (SSSR count). The van der Waals surface area contributed by atoms with Crippen molar-refractivity contribution in [2.24, 2.45) is 0 Å². The first-order valence-corrected chi connectivity index (χ1v) is 6.25. The van der Waals surface area contributed by atoms with E-state index < -0.39 is 0 Å².